The summed E-state index contributed by atoms with van der Waals surface area (Å²) in [5, 5.41) is 10.8. The number of aliphatic carboxylic acids is 1. The lowest BCUT2D eigenvalue weighted by molar-refractivity contribution is -0.192. The summed E-state index contributed by atoms with van der Waals surface area (Å²) in [7, 11) is 2.10. The minimum absolute atomic E-state index is 0.0468. The van der Waals surface area contributed by atoms with Crippen molar-refractivity contribution in [3.63, 3.8) is 0 Å². The van der Waals surface area contributed by atoms with Gasteiger partial charge in [0.2, 0.25) is 0 Å². The van der Waals surface area contributed by atoms with E-state index in [2.05, 4.69) is 22.2 Å². The Balaban J connectivity index is 0.000000321. The molecule has 1 aliphatic carbocycles. The molecule has 152 valence electrons. The van der Waals surface area contributed by atoms with Crippen LogP contribution in [0.5, 0.6) is 0 Å². The summed E-state index contributed by atoms with van der Waals surface area (Å²) in [4.78, 5) is 29.2. The molecule has 2 heterocycles. The van der Waals surface area contributed by atoms with Gasteiger partial charge in [0, 0.05) is 36.5 Å². The Labute approximate surface area is 158 Å². The van der Waals surface area contributed by atoms with Crippen molar-refractivity contribution in [2.24, 2.45) is 5.73 Å². The minimum Gasteiger partial charge on any atom is -0.475 e. The van der Waals surface area contributed by atoms with E-state index in [0.29, 0.717) is 5.01 Å². The number of carbonyl (C=O) groups is 2. The highest BCUT2D eigenvalue weighted by atomic mass is 32.1. The fourth-order valence-electron chi connectivity index (χ4n) is 2.99. The lowest BCUT2D eigenvalue weighted by Crippen LogP contribution is -2.49. The highest BCUT2D eigenvalue weighted by Crippen LogP contribution is 2.25. The molecule has 0 bridgehead atoms. The van der Waals surface area contributed by atoms with Gasteiger partial charge in [-0.05, 0) is 19.9 Å². The Morgan fingerprint density at radius 3 is 2.56 bits per heavy atom. The van der Waals surface area contributed by atoms with Crippen LogP contribution in [-0.2, 0) is 17.8 Å². The molecular formula is C16H23F3N4O3S. The molecule has 11 heteroatoms. The SMILES string of the molecule is CN1CCc2nc(C(=O)N[C@@H]3CCCC[C@@H]3N)sc2C1.O=C(O)C(F)(F)F. The number of aromatic nitrogens is 1. The molecule has 1 saturated carbocycles. The maximum absolute atomic E-state index is 12.3. The Kier molecular flexibility index (Phi) is 7.18. The van der Waals surface area contributed by atoms with Crippen LogP contribution in [0.3, 0.4) is 0 Å². The third-order valence-electron chi connectivity index (χ3n) is 4.49. The molecule has 0 radical (unpaired) electrons. The average Bonchev–Trinajstić information content (AvgIpc) is 3.00. The third kappa shape index (κ3) is 6.15. The van der Waals surface area contributed by atoms with E-state index in [9.17, 15) is 18.0 Å². The summed E-state index contributed by atoms with van der Waals surface area (Å²) in [5.41, 5.74) is 7.19. The van der Waals surface area contributed by atoms with E-state index >= 15 is 0 Å². The molecule has 3 rings (SSSR count). The number of rotatable bonds is 2. The molecule has 2 atom stereocenters. The Bertz CT molecular complexity index is 680. The van der Waals surface area contributed by atoms with E-state index in [1.165, 1.54) is 22.6 Å². The molecule has 1 fully saturated rings. The maximum atomic E-state index is 12.3. The normalized spacial score (nSPS) is 23.0. The van der Waals surface area contributed by atoms with Crippen molar-refractivity contribution in [1.29, 1.82) is 0 Å². The standard InChI is InChI=1S/C14H22N4OS.C2HF3O2/c1-18-7-6-11-12(8-18)20-14(17-11)13(19)16-10-5-3-2-4-9(10)15;3-2(4,5)1(6)7/h9-10H,2-8,15H2,1H3,(H,16,19);(H,6,7)/t9-,10+;/m0./s1. The van der Waals surface area contributed by atoms with E-state index in [4.69, 9.17) is 15.6 Å². The molecule has 1 amide bonds. The number of amides is 1. The van der Waals surface area contributed by atoms with Gasteiger partial charge in [0.25, 0.3) is 5.91 Å². The highest BCUT2D eigenvalue weighted by Gasteiger charge is 2.38. The molecule has 1 aromatic rings. The number of nitrogens with two attached hydrogens (primary N) is 1. The van der Waals surface area contributed by atoms with Gasteiger partial charge in [0.1, 0.15) is 0 Å². The van der Waals surface area contributed by atoms with Crippen LogP contribution < -0.4 is 11.1 Å². The Morgan fingerprint density at radius 1 is 1.33 bits per heavy atom. The number of halogens is 3. The Morgan fingerprint density at radius 2 is 1.96 bits per heavy atom. The van der Waals surface area contributed by atoms with Gasteiger partial charge in [0.05, 0.1) is 5.69 Å². The van der Waals surface area contributed by atoms with Gasteiger partial charge >= 0.3 is 12.1 Å². The molecular weight excluding hydrogens is 385 g/mol. The molecule has 0 aromatic carbocycles. The number of nitrogens with one attached hydrogen (secondary N) is 1. The lowest BCUT2D eigenvalue weighted by Gasteiger charge is -2.28. The molecule has 1 aliphatic heterocycles. The zero-order valence-corrected chi connectivity index (χ0v) is 15.7. The first-order valence-corrected chi connectivity index (χ1v) is 9.43. The molecule has 4 N–H and O–H groups in total. The van der Waals surface area contributed by atoms with E-state index < -0.39 is 12.1 Å². The van der Waals surface area contributed by atoms with Crippen molar-refractivity contribution in [2.75, 3.05) is 13.6 Å². The first-order valence-electron chi connectivity index (χ1n) is 8.61. The zero-order chi connectivity index (χ0) is 20.2. The van der Waals surface area contributed by atoms with E-state index in [0.717, 1.165) is 44.5 Å². The molecule has 1 aromatic heterocycles. The van der Waals surface area contributed by atoms with Crippen molar-refractivity contribution in [3.05, 3.63) is 15.6 Å². The summed E-state index contributed by atoms with van der Waals surface area (Å²) < 4.78 is 31.7. The number of alkyl halides is 3. The molecule has 0 spiro atoms. The summed E-state index contributed by atoms with van der Waals surface area (Å²) >= 11 is 1.53. The molecule has 0 unspecified atom stereocenters. The second-order valence-electron chi connectivity index (χ2n) is 6.71. The van der Waals surface area contributed by atoms with Crippen molar-refractivity contribution in [1.82, 2.24) is 15.2 Å². The second kappa shape index (κ2) is 8.98. The number of carboxylic acid groups (broad SMARTS) is 1. The predicted molar refractivity (Wildman–Crippen MR) is 93.5 cm³/mol. The largest absolute Gasteiger partial charge is 0.490 e. The van der Waals surface area contributed by atoms with Crippen molar-refractivity contribution < 1.29 is 27.9 Å². The van der Waals surface area contributed by atoms with Gasteiger partial charge in [-0.2, -0.15) is 13.2 Å². The van der Waals surface area contributed by atoms with E-state index in [-0.39, 0.29) is 18.0 Å². The topological polar surface area (TPSA) is 109 Å². The van der Waals surface area contributed by atoms with Gasteiger partial charge < -0.3 is 21.1 Å². The van der Waals surface area contributed by atoms with Crippen LogP contribution in [0.25, 0.3) is 0 Å². The number of carbonyl (C=O) groups excluding carboxylic acids is 1. The first kappa shape index (κ1) is 21.6. The number of hydrogen-bond acceptors (Lipinski definition) is 6. The lowest BCUT2D eigenvalue weighted by atomic mass is 9.91. The van der Waals surface area contributed by atoms with Crippen LogP contribution >= 0.6 is 11.3 Å². The minimum atomic E-state index is -5.08. The second-order valence-corrected chi connectivity index (χ2v) is 7.79. The van der Waals surface area contributed by atoms with Crippen LogP contribution in [0.1, 0.15) is 46.1 Å². The van der Waals surface area contributed by atoms with E-state index in [1.807, 2.05) is 0 Å². The fourth-order valence-corrected chi connectivity index (χ4v) is 4.08. The molecule has 0 saturated heterocycles. The van der Waals surface area contributed by atoms with Gasteiger partial charge in [-0.15, -0.1) is 11.3 Å². The molecule has 27 heavy (non-hydrogen) atoms. The maximum Gasteiger partial charge on any atom is 0.490 e. The van der Waals surface area contributed by atoms with Crippen molar-refractivity contribution in [2.45, 2.75) is 56.9 Å². The summed E-state index contributed by atoms with van der Waals surface area (Å²) in [6, 6.07) is 0.202. The fraction of sp³-hybridized carbons (Fsp3) is 0.688. The van der Waals surface area contributed by atoms with Gasteiger partial charge in [-0.3, -0.25) is 4.79 Å². The monoisotopic (exact) mass is 408 g/mol. The zero-order valence-electron chi connectivity index (χ0n) is 14.9. The summed E-state index contributed by atoms with van der Waals surface area (Å²) in [5.74, 6) is -2.80. The molecule has 2 aliphatic rings. The molecule has 7 nitrogen and oxygen atoms in total. The average molecular weight is 408 g/mol. The number of nitrogens with zero attached hydrogens (tertiary/aromatic N) is 2. The van der Waals surface area contributed by atoms with Crippen molar-refractivity contribution in [3.8, 4) is 0 Å². The number of hydrogen-bond donors (Lipinski definition) is 3. The first-order chi connectivity index (χ1) is 12.6. The van der Waals surface area contributed by atoms with Crippen LogP contribution in [-0.4, -0.2) is 58.7 Å². The van der Waals surface area contributed by atoms with Crippen LogP contribution in [0.4, 0.5) is 13.2 Å². The highest BCUT2D eigenvalue weighted by molar-refractivity contribution is 7.13. The Hall–Kier alpha value is -1.72. The number of carboxylic acids is 1. The van der Waals surface area contributed by atoms with Crippen LogP contribution in [0.2, 0.25) is 0 Å². The number of thiazole rings is 1. The van der Waals surface area contributed by atoms with Crippen LogP contribution in [0, 0.1) is 0 Å². The third-order valence-corrected chi connectivity index (χ3v) is 5.58. The van der Waals surface area contributed by atoms with E-state index in [1.54, 1.807) is 0 Å². The number of likely N-dealkylation sites (N-methyl/N-ethyl adjacent to an activating group) is 1. The summed E-state index contributed by atoms with van der Waals surface area (Å²) in [6.07, 6.45) is 0.173. The van der Waals surface area contributed by atoms with Crippen molar-refractivity contribution >= 4 is 23.2 Å². The predicted octanol–water partition coefficient (Wildman–Crippen LogP) is 1.76. The number of fused-ring (bicyclic) bond motifs is 1. The van der Waals surface area contributed by atoms with Gasteiger partial charge in [0.15, 0.2) is 5.01 Å². The van der Waals surface area contributed by atoms with Crippen LogP contribution in [0.15, 0.2) is 0 Å². The quantitative estimate of drug-likeness (QED) is 0.688. The smallest absolute Gasteiger partial charge is 0.475 e. The summed E-state index contributed by atoms with van der Waals surface area (Å²) in [6.45, 7) is 1.93. The van der Waals surface area contributed by atoms with Gasteiger partial charge in [-0.1, -0.05) is 12.8 Å². The van der Waals surface area contributed by atoms with Gasteiger partial charge in [-0.25, -0.2) is 9.78 Å².